The number of nitrogens with zero attached hydrogens (tertiary/aromatic N) is 1. The molecule has 1 aliphatic heterocycles. The summed E-state index contributed by atoms with van der Waals surface area (Å²) in [5, 5.41) is 0.909. The van der Waals surface area contributed by atoms with E-state index in [0.29, 0.717) is 33.3 Å². The Hall–Kier alpha value is -3.24. The number of fused-ring (bicyclic) bond motifs is 2. The van der Waals surface area contributed by atoms with Gasteiger partial charge in [-0.1, -0.05) is 36.4 Å². The van der Waals surface area contributed by atoms with E-state index in [-0.39, 0.29) is 4.90 Å². The summed E-state index contributed by atoms with van der Waals surface area (Å²) in [4.78, 5) is 27.1. The summed E-state index contributed by atoms with van der Waals surface area (Å²) in [5.41, 5.74) is 1.45. The Morgan fingerprint density at radius 3 is 1.88 bits per heavy atom. The largest absolute Gasteiger partial charge is 0.280 e. The third kappa shape index (κ3) is 3.35. The highest BCUT2D eigenvalue weighted by atomic mass is 127. The quantitative estimate of drug-likeness (QED) is 0.283. The van der Waals surface area contributed by atoms with Gasteiger partial charge in [0.2, 0.25) is 0 Å². The third-order valence-corrected chi connectivity index (χ3v) is 7.44. The smallest absolute Gasteiger partial charge is 0.266 e. The fraction of sp³-hybridized carbons (Fsp3) is 0. The highest BCUT2D eigenvalue weighted by molar-refractivity contribution is 14.1. The molecule has 8 heteroatoms. The van der Waals surface area contributed by atoms with Crippen molar-refractivity contribution in [2.24, 2.45) is 0 Å². The van der Waals surface area contributed by atoms with E-state index in [0.717, 1.165) is 8.47 Å². The number of nitrogens with one attached hydrogen (secondary N) is 1. The summed E-state index contributed by atoms with van der Waals surface area (Å²) in [6.07, 6.45) is 0. The molecule has 0 aliphatic carbocycles. The van der Waals surface area contributed by atoms with Crippen LogP contribution < -0.4 is 9.62 Å². The molecule has 0 unspecified atom stereocenters. The van der Waals surface area contributed by atoms with Gasteiger partial charge in [-0.25, -0.2) is 13.3 Å². The number of carbonyl (C=O) groups is 2. The molecule has 0 saturated heterocycles. The van der Waals surface area contributed by atoms with E-state index in [9.17, 15) is 18.0 Å². The number of carbonyl (C=O) groups excluding carboxylic acids is 2. The number of rotatable bonds is 4. The van der Waals surface area contributed by atoms with Gasteiger partial charge in [-0.05, 0) is 71.1 Å². The van der Waals surface area contributed by atoms with E-state index in [1.54, 1.807) is 60.7 Å². The molecule has 4 aromatic carbocycles. The first-order chi connectivity index (χ1) is 15.4. The number of benzene rings is 4. The summed E-state index contributed by atoms with van der Waals surface area (Å²) >= 11 is 2.15. The van der Waals surface area contributed by atoms with Crippen LogP contribution in [0.4, 0.5) is 11.4 Å². The minimum atomic E-state index is -3.91. The maximum absolute atomic E-state index is 13.2. The second-order valence-electron chi connectivity index (χ2n) is 7.23. The van der Waals surface area contributed by atoms with Crippen molar-refractivity contribution in [3.63, 3.8) is 0 Å². The molecule has 0 bridgehead atoms. The zero-order valence-electron chi connectivity index (χ0n) is 16.4. The molecular weight excluding hydrogens is 539 g/mol. The van der Waals surface area contributed by atoms with Gasteiger partial charge in [0.1, 0.15) is 0 Å². The number of amides is 2. The first kappa shape index (κ1) is 20.7. The van der Waals surface area contributed by atoms with Crippen LogP contribution in [0.5, 0.6) is 0 Å². The molecule has 32 heavy (non-hydrogen) atoms. The summed E-state index contributed by atoms with van der Waals surface area (Å²) < 4.78 is 29.9. The molecule has 158 valence electrons. The molecular formula is C24H15IN2O4S. The lowest BCUT2D eigenvalue weighted by Gasteiger charge is -2.18. The van der Waals surface area contributed by atoms with Gasteiger partial charge in [0.25, 0.3) is 21.8 Å². The molecule has 0 spiro atoms. The number of halogens is 1. The van der Waals surface area contributed by atoms with Crippen molar-refractivity contribution in [2.45, 2.75) is 4.90 Å². The van der Waals surface area contributed by atoms with Crippen molar-refractivity contribution in [2.75, 3.05) is 9.62 Å². The van der Waals surface area contributed by atoms with Crippen LogP contribution in [0.25, 0.3) is 10.8 Å². The van der Waals surface area contributed by atoms with E-state index < -0.39 is 21.8 Å². The van der Waals surface area contributed by atoms with Crippen LogP contribution in [0.1, 0.15) is 20.7 Å². The Labute approximate surface area is 198 Å². The zero-order chi connectivity index (χ0) is 22.5. The molecule has 4 aromatic rings. The van der Waals surface area contributed by atoms with Crippen molar-refractivity contribution in [1.82, 2.24) is 0 Å². The molecule has 2 amide bonds. The lowest BCUT2D eigenvalue weighted by Crippen LogP contribution is -2.29. The average molecular weight is 554 g/mol. The van der Waals surface area contributed by atoms with Crippen LogP contribution in [0.2, 0.25) is 0 Å². The summed E-state index contributed by atoms with van der Waals surface area (Å²) in [7, 11) is -3.91. The van der Waals surface area contributed by atoms with Gasteiger partial charge in [0.15, 0.2) is 0 Å². The molecule has 0 radical (unpaired) electrons. The van der Waals surface area contributed by atoms with Crippen molar-refractivity contribution >= 4 is 66.6 Å². The highest BCUT2D eigenvalue weighted by Crippen LogP contribution is 2.36. The van der Waals surface area contributed by atoms with Crippen LogP contribution in [-0.4, -0.2) is 20.2 Å². The van der Waals surface area contributed by atoms with E-state index >= 15 is 0 Å². The van der Waals surface area contributed by atoms with Crippen LogP contribution >= 0.6 is 22.6 Å². The minimum absolute atomic E-state index is 0.0620. The van der Waals surface area contributed by atoms with Crippen molar-refractivity contribution in [3.8, 4) is 0 Å². The van der Waals surface area contributed by atoms with E-state index in [4.69, 9.17) is 0 Å². The molecule has 1 N–H and O–H groups in total. The molecule has 0 atom stereocenters. The average Bonchev–Trinajstić information content (AvgIpc) is 3.05. The first-order valence-electron chi connectivity index (χ1n) is 9.65. The zero-order valence-corrected chi connectivity index (χ0v) is 19.4. The Bertz CT molecular complexity index is 1480. The highest BCUT2D eigenvalue weighted by Gasteiger charge is 2.37. The molecule has 0 aromatic heterocycles. The van der Waals surface area contributed by atoms with Gasteiger partial charge in [0.05, 0.1) is 21.7 Å². The molecule has 1 aliphatic rings. The Kier molecular flexibility index (Phi) is 4.98. The Balaban J connectivity index is 1.62. The number of hydrogen-bond donors (Lipinski definition) is 1. The Morgan fingerprint density at radius 1 is 0.688 bits per heavy atom. The van der Waals surface area contributed by atoms with Crippen molar-refractivity contribution in [3.05, 3.63) is 99.6 Å². The predicted octanol–water partition coefficient (Wildman–Crippen LogP) is 5.05. The lowest BCUT2D eigenvalue weighted by atomic mass is 10.1. The van der Waals surface area contributed by atoms with Crippen LogP contribution in [0.15, 0.2) is 89.8 Å². The summed E-state index contributed by atoms with van der Waals surface area (Å²) in [6, 6.07) is 23.4. The number of anilines is 2. The van der Waals surface area contributed by atoms with Gasteiger partial charge in [-0.2, -0.15) is 0 Å². The minimum Gasteiger partial charge on any atom is -0.280 e. The topological polar surface area (TPSA) is 83.6 Å². The predicted molar refractivity (Wildman–Crippen MR) is 131 cm³/mol. The lowest BCUT2D eigenvalue weighted by molar-refractivity contribution is 0.0926. The van der Waals surface area contributed by atoms with Gasteiger partial charge in [0, 0.05) is 20.0 Å². The summed E-state index contributed by atoms with van der Waals surface area (Å²) in [6.45, 7) is 0. The fourth-order valence-corrected chi connectivity index (χ4v) is 5.45. The van der Waals surface area contributed by atoms with E-state index in [1.807, 2.05) is 12.1 Å². The second-order valence-corrected chi connectivity index (χ2v) is 10.1. The van der Waals surface area contributed by atoms with Crippen molar-refractivity contribution in [1.29, 1.82) is 0 Å². The standard InChI is InChI=1S/C24H15IN2O4S/c25-15-9-11-16(12-10-15)26-32(30,31)22-14-13-21(17-5-1-2-6-18(17)22)27-23(28)19-7-3-4-8-20(19)24(27)29/h1-14,26H. The third-order valence-electron chi connectivity index (χ3n) is 5.28. The number of sulfonamides is 1. The van der Waals surface area contributed by atoms with Gasteiger partial charge in [-0.3, -0.25) is 14.3 Å². The van der Waals surface area contributed by atoms with Crippen LogP contribution in [0, 0.1) is 3.57 Å². The maximum Gasteiger partial charge on any atom is 0.266 e. The maximum atomic E-state index is 13.2. The molecule has 1 heterocycles. The normalized spacial score (nSPS) is 13.5. The summed E-state index contributed by atoms with van der Waals surface area (Å²) in [5.74, 6) is -0.855. The SMILES string of the molecule is O=C1c2ccccc2C(=O)N1c1ccc(S(=O)(=O)Nc2ccc(I)cc2)c2ccccc12. The van der Waals surface area contributed by atoms with E-state index in [2.05, 4.69) is 27.3 Å². The molecule has 5 rings (SSSR count). The number of imide groups is 1. The monoisotopic (exact) mass is 554 g/mol. The van der Waals surface area contributed by atoms with Gasteiger partial charge >= 0.3 is 0 Å². The molecule has 6 nitrogen and oxygen atoms in total. The van der Waals surface area contributed by atoms with E-state index in [1.165, 1.54) is 12.1 Å². The van der Waals surface area contributed by atoms with Crippen molar-refractivity contribution < 1.29 is 18.0 Å². The second kappa shape index (κ2) is 7.72. The van der Waals surface area contributed by atoms with Gasteiger partial charge < -0.3 is 0 Å². The fourth-order valence-electron chi connectivity index (χ4n) is 3.82. The molecule has 0 saturated carbocycles. The number of hydrogen-bond acceptors (Lipinski definition) is 4. The molecule has 0 fully saturated rings. The first-order valence-corrected chi connectivity index (χ1v) is 12.2. The van der Waals surface area contributed by atoms with Crippen LogP contribution in [-0.2, 0) is 10.0 Å². The Morgan fingerprint density at radius 2 is 1.25 bits per heavy atom. The van der Waals surface area contributed by atoms with Gasteiger partial charge in [-0.15, -0.1) is 0 Å². The van der Waals surface area contributed by atoms with Crippen LogP contribution in [0.3, 0.4) is 0 Å².